The SMILES string of the molecule is CCC.Cl.Cl. The predicted molar refractivity (Wildman–Crippen MR) is 30.5 cm³/mol. The van der Waals surface area contributed by atoms with Crippen LogP contribution in [0.3, 0.4) is 0 Å². The molecule has 5 heavy (non-hydrogen) atoms. The fraction of sp³-hybridized carbons (Fsp3) is 1.00. The molecule has 0 amide bonds. The van der Waals surface area contributed by atoms with Gasteiger partial charge >= 0.3 is 0 Å². The van der Waals surface area contributed by atoms with Gasteiger partial charge in [0.25, 0.3) is 0 Å². The molecule has 0 aromatic rings. The van der Waals surface area contributed by atoms with E-state index >= 15 is 0 Å². The second kappa shape index (κ2) is 23.5. The fourth-order valence-corrected chi connectivity index (χ4v) is 0. The zero-order valence-corrected chi connectivity index (χ0v) is 5.16. The summed E-state index contributed by atoms with van der Waals surface area (Å²) < 4.78 is 0. The summed E-state index contributed by atoms with van der Waals surface area (Å²) in [5, 5.41) is 0. The van der Waals surface area contributed by atoms with Gasteiger partial charge in [-0.25, -0.2) is 0 Å². The minimum Gasteiger partial charge on any atom is -0.147 e. The first kappa shape index (κ1) is 17.6. The second-order valence-corrected chi connectivity index (χ2v) is 0.707. The molecule has 36 valence electrons. The van der Waals surface area contributed by atoms with Gasteiger partial charge in [-0.15, -0.1) is 24.8 Å². The van der Waals surface area contributed by atoms with Gasteiger partial charge in [-0.1, -0.05) is 20.3 Å². The van der Waals surface area contributed by atoms with Gasteiger partial charge in [0, 0.05) is 0 Å². The van der Waals surface area contributed by atoms with Gasteiger partial charge < -0.3 is 0 Å². The van der Waals surface area contributed by atoms with Gasteiger partial charge in [-0.2, -0.15) is 0 Å². The molecule has 2 heteroatoms. The highest BCUT2D eigenvalue weighted by atomic mass is 35.5. The van der Waals surface area contributed by atoms with Crippen LogP contribution in [-0.2, 0) is 0 Å². The minimum atomic E-state index is 0. The Morgan fingerprint density at radius 2 is 1.00 bits per heavy atom. The summed E-state index contributed by atoms with van der Waals surface area (Å²) in [5.74, 6) is 0. The third-order valence-electron chi connectivity index (χ3n) is 0. The van der Waals surface area contributed by atoms with E-state index in [1.165, 1.54) is 6.42 Å². The summed E-state index contributed by atoms with van der Waals surface area (Å²) in [6.07, 6.45) is 1.25. The highest BCUT2D eigenvalue weighted by Crippen LogP contribution is 1.56. The van der Waals surface area contributed by atoms with Crippen molar-refractivity contribution in [3.8, 4) is 0 Å². The molecule has 0 aliphatic rings. The highest BCUT2D eigenvalue weighted by Gasteiger charge is 1.35. The van der Waals surface area contributed by atoms with E-state index in [9.17, 15) is 0 Å². The van der Waals surface area contributed by atoms with Gasteiger partial charge in [0.1, 0.15) is 0 Å². The molecule has 0 bridgehead atoms. The standard InChI is InChI=1S/C3H8.2ClH/c1-3-2;;/h3H2,1-2H3;2*1H. The Hall–Kier alpha value is 0.580. The maximum Gasteiger partial charge on any atom is -0.0590 e. The molecule has 0 aliphatic heterocycles. The molecular formula is C3H10Cl2. The summed E-state index contributed by atoms with van der Waals surface area (Å²) in [6.45, 7) is 4.25. The lowest BCUT2D eigenvalue weighted by Crippen LogP contribution is -1.27. The Balaban J connectivity index is -0.0000000200. The molecule has 0 fully saturated rings. The van der Waals surface area contributed by atoms with Crippen LogP contribution in [0.25, 0.3) is 0 Å². The molecule has 0 unspecified atom stereocenters. The first-order chi connectivity index (χ1) is 1.41. The largest absolute Gasteiger partial charge is 0.147 e. The van der Waals surface area contributed by atoms with Crippen molar-refractivity contribution in [1.29, 1.82) is 0 Å². The van der Waals surface area contributed by atoms with E-state index in [2.05, 4.69) is 13.8 Å². The lowest BCUT2D eigenvalue weighted by Gasteiger charge is -1.48. The van der Waals surface area contributed by atoms with E-state index in [4.69, 9.17) is 0 Å². The maximum absolute atomic E-state index is 2.12. The lowest BCUT2D eigenvalue weighted by atomic mass is 10.6. The molecule has 0 nitrogen and oxygen atoms in total. The molecule has 0 aromatic carbocycles. The highest BCUT2D eigenvalue weighted by molar-refractivity contribution is 5.85. The Morgan fingerprint density at radius 1 is 1.00 bits per heavy atom. The topological polar surface area (TPSA) is 0 Å². The van der Waals surface area contributed by atoms with Crippen molar-refractivity contribution < 1.29 is 0 Å². The summed E-state index contributed by atoms with van der Waals surface area (Å²) in [6, 6.07) is 0. The molecule has 0 saturated carbocycles. The minimum absolute atomic E-state index is 0. The van der Waals surface area contributed by atoms with Gasteiger partial charge in [-0.3, -0.25) is 0 Å². The Morgan fingerprint density at radius 3 is 1.00 bits per heavy atom. The van der Waals surface area contributed by atoms with Crippen LogP contribution in [0.4, 0.5) is 0 Å². The quantitative estimate of drug-likeness (QED) is 0.456. The number of hydrogen-bond donors (Lipinski definition) is 0. The number of rotatable bonds is 0. The van der Waals surface area contributed by atoms with Gasteiger partial charge in [0.15, 0.2) is 0 Å². The van der Waals surface area contributed by atoms with Crippen LogP contribution in [0.1, 0.15) is 20.3 Å². The van der Waals surface area contributed by atoms with Crippen LogP contribution >= 0.6 is 24.8 Å². The second-order valence-electron chi connectivity index (χ2n) is 0.707. The van der Waals surface area contributed by atoms with Crippen molar-refractivity contribution >= 4 is 24.8 Å². The lowest BCUT2D eigenvalue weighted by molar-refractivity contribution is 1.09. The van der Waals surface area contributed by atoms with E-state index in [-0.39, 0.29) is 24.8 Å². The third-order valence-corrected chi connectivity index (χ3v) is 0. The molecule has 0 heterocycles. The Kier molecular flexibility index (Phi) is 82.7. The molecule has 0 aromatic heterocycles. The van der Waals surface area contributed by atoms with E-state index in [1.807, 2.05) is 0 Å². The molecule has 0 rings (SSSR count). The van der Waals surface area contributed by atoms with Crippen LogP contribution in [0, 0.1) is 0 Å². The van der Waals surface area contributed by atoms with Crippen molar-refractivity contribution in [2.45, 2.75) is 20.3 Å². The zero-order chi connectivity index (χ0) is 2.71. The first-order valence-electron chi connectivity index (χ1n) is 1.41. The van der Waals surface area contributed by atoms with Crippen LogP contribution in [-0.4, -0.2) is 0 Å². The molecular weight excluding hydrogens is 107 g/mol. The van der Waals surface area contributed by atoms with E-state index in [0.29, 0.717) is 0 Å². The monoisotopic (exact) mass is 116 g/mol. The van der Waals surface area contributed by atoms with E-state index in [1.54, 1.807) is 0 Å². The zero-order valence-electron chi connectivity index (χ0n) is 3.52. The van der Waals surface area contributed by atoms with Crippen molar-refractivity contribution in [3.63, 3.8) is 0 Å². The van der Waals surface area contributed by atoms with Crippen LogP contribution in [0.15, 0.2) is 0 Å². The third kappa shape index (κ3) is 90.6. The van der Waals surface area contributed by atoms with Gasteiger partial charge in [0.05, 0.1) is 0 Å². The smallest absolute Gasteiger partial charge is 0.0590 e. The molecule has 0 spiro atoms. The predicted octanol–water partition coefficient (Wildman–Crippen LogP) is 2.26. The first-order valence-corrected chi connectivity index (χ1v) is 1.41. The van der Waals surface area contributed by atoms with Crippen molar-refractivity contribution in [2.75, 3.05) is 0 Å². The summed E-state index contributed by atoms with van der Waals surface area (Å²) in [7, 11) is 0. The van der Waals surface area contributed by atoms with Crippen LogP contribution < -0.4 is 0 Å². The number of hydrogen-bond acceptors (Lipinski definition) is 0. The molecule has 0 aliphatic carbocycles. The average molecular weight is 117 g/mol. The van der Waals surface area contributed by atoms with Crippen LogP contribution in [0.5, 0.6) is 0 Å². The maximum atomic E-state index is 2.12. The molecule has 0 N–H and O–H groups in total. The summed E-state index contributed by atoms with van der Waals surface area (Å²) in [5.41, 5.74) is 0. The molecule has 0 atom stereocenters. The Labute approximate surface area is 45.8 Å². The summed E-state index contributed by atoms with van der Waals surface area (Å²) in [4.78, 5) is 0. The van der Waals surface area contributed by atoms with E-state index < -0.39 is 0 Å². The van der Waals surface area contributed by atoms with Crippen molar-refractivity contribution in [2.24, 2.45) is 0 Å². The Bertz CT molecular complexity index is 4.85. The van der Waals surface area contributed by atoms with Crippen molar-refractivity contribution in [3.05, 3.63) is 0 Å². The van der Waals surface area contributed by atoms with Gasteiger partial charge in [-0.05, 0) is 0 Å². The molecule has 0 radical (unpaired) electrons. The average Bonchev–Trinajstić information content (AvgIpc) is 0.918. The van der Waals surface area contributed by atoms with Crippen LogP contribution in [0.2, 0.25) is 0 Å². The molecule has 0 saturated heterocycles. The summed E-state index contributed by atoms with van der Waals surface area (Å²) >= 11 is 0. The van der Waals surface area contributed by atoms with E-state index in [0.717, 1.165) is 0 Å². The normalized spacial score (nSPS) is 3.60. The number of halogens is 2. The van der Waals surface area contributed by atoms with Crippen molar-refractivity contribution in [1.82, 2.24) is 0 Å². The fourth-order valence-electron chi connectivity index (χ4n) is 0. The van der Waals surface area contributed by atoms with Gasteiger partial charge in [0.2, 0.25) is 0 Å².